The highest BCUT2D eigenvalue weighted by atomic mass is 16.6. The molecule has 6 nitrogen and oxygen atoms in total. The monoisotopic (exact) mass is 234 g/mol. The molecule has 0 bridgehead atoms. The van der Waals surface area contributed by atoms with Crippen molar-refractivity contribution >= 4 is 22.9 Å². The summed E-state index contributed by atoms with van der Waals surface area (Å²) in [6, 6.07) is 4.49. The molecule has 88 valence electrons. The zero-order chi connectivity index (χ0) is 12.6. The van der Waals surface area contributed by atoms with E-state index >= 15 is 0 Å². The van der Waals surface area contributed by atoms with E-state index in [-0.39, 0.29) is 11.3 Å². The van der Waals surface area contributed by atoms with Gasteiger partial charge in [0.15, 0.2) is 0 Å². The molecule has 1 aromatic heterocycles. The first-order valence-corrected chi connectivity index (χ1v) is 4.91. The molecule has 0 fully saturated rings. The number of nitro groups is 1. The molecule has 2 N–H and O–H groups in total. The zero-order valence-corrected chi connectivity index (χ0v) is 9.01. The Morgan fingerprint density at radius 1 is 1.59 bits per heavy atom. The fourth-order valence-electron chi connectivity index (χ4n) is 1.84. The molecule has 1 heterocycles. The van der Waals surface area contributed by atoms with E-state index in [9.17, 15) is 15.2 Å². The van der Waals surface area contributed by atoms with Crippen molar-refractivity contribution in [3.63, 3.8) is 0 Å². The lowest BCUT2D eigenvalue weighted by molar-refractivity contribution is -0.383. The van der Waals surface area contributed by atoms with Crippen LogP contribution in [0.25, 0.3) is 11.0 Å². The molecule has 2 rings (SSSR count). The van der Waals surface area contributed by atoms with Crippen LogP contribution >= 0.6 is 0 Å². The van der Waals surface area contributed by atoms with Gasteiger partial charge in [0.25, 0.3) is 0 Å². The average molecular weight is 234 g/mol. The van der Waals surface area contributed by atoms with E-state index in [1.54, 1.807) is 13.0 Å². The molecule has 0 radical (unpaired) electrons. The van der Waals surface area contributed by atoms with Crippen molar-refractivity contribution in [2.45, 2.75) is 13.0 Å². The topological polar surface area (TPSA) is 100 Å². The third kappa shape index (κ3) is 1.68. The number of nitrogens with one attached hydrogen (secondary N) is 1. The van der Waals surface area contributed by atoms with Gasteiger partial charge >= 0.3 is 5.69 Å². The summed E-state index contributed by atoms with van der Waals surface area (Å²) < 4.78 is 5.31. The van der Waals surface area contributed by atoms with Gasteiger partial charge in [0.2, 0.25) is 5.58 Å². The van der Waals surface area contributed by atoms with Gasteiger partial charge in [-0.25, -0.2) is 0 Å². The molecule has 0 aliphatic rings. The van der Waals surface area contributed by atoms with Crippen molar-refractivity contribution < 1.29 is 14.4 Å². The molecular weight excluding hydrogens is 224 g/mol. The van der Waals surface area contributed by atoms with Crippen LogP contribution < -0.4 is 0 Å². The Morgan fingerprint density at radius 3 is 2.88 bits per heavy atom. The van der Waals surface area contributed by atoms with Crippen molar-refractivity contribution in [1.29, 1.82) is 5.41 Å². The Hall–Kier alpha value is -2.21. The number of para-hydroxylation sites is 1. The standard InChI is InChI=1S/C11H10N2O4/c1-6-10(9(14)5-12)7-3-2-4-8(13(15)16)11(7)17-6/h2-5,9,12,14H,1H3. The largest absolute Gasteiger partial charge is 0.454 e. The van der Waals surface area contributed by atoms with E-state index in [0.717, 1.165) is 6.21 Å². The second kappa shape index (κ2) is 3.99. The molecule has 0 spiro atoms. The Kier molecular flexibility index (Phi) is 2.64. The summed E-state index contributed by atoms with van der Waals surface area (Å²) in [6.45, 7) is 1.60. The summed E-state index contributed by atoms with van der Waals surface area (Å²) >= 11 is 0. The lowest BCUT2D eigenvalue weighted by Gasteiger charge is -2.02. The number of benzene rings is 1. The number of hydrogen-bond donors (Lipinski definition) is 2. The van der Waals surface area contributed by atoms with Crippen LogP contribution in [0, 0.1) is 22.4 Å². The first kappa shape index (κ1) is 11.3. The van der Waals surface area contributed by atoms with E-state index in [2.05, 4.69) is 0 Å². The van der Waals surface area contributed by atoms with Crippen LogP contribution in [0.2, 0.25) is 0 Å². The number of aliphatic hydroxyl groups is 1. The number of hydrogen-bond acceptors (Lipinski definition) is 5. The molecule has 2 aromatic rings. The summed E-state index contributed by atoms with van der Waals surface area (Å²) in [7, 11) is 0. The van der Waals surface area contributed by atoms with Gasteiger partial charge in [-0.2, -0.15) is 0 Å². The molecule has 1 aromatic carbocycles. The fraction of sp³-hybridized carbons (Fsp3) is 0.182. The number of furan rings is 1. The molecule has 6 heteroatoms. The molecule has 0 amide bonds. The van der Waals surface area contributed by atoms with Crippen LogP contribution in [0.4, 0.5) is 5.69 Å². The van der Waals surface area contributed by atoms with E-state index in [0.29, 0.717) is 16.7 Å². The Balaban J connectivity index is 2.80. The number of nitrogens with zero attached hydrogens (tertiary/aromatic N) is 1. The summed E-state index contributed by atoms with van der Waals surface area (Å²) in [5, 5.41) is 28.0. The maximum absolute atomic E-state index is 10.8. The van der Waals surface area contributed by atoms with Gasteiger partial charge in [-0.3, -0.25) is 10.1 Å². The molecule has 0 saturated heterocycles. The first-order chi connectivity index (χ1) is 8.06. The third-order valence-electron chi connectivity index (χ3n) is 2.57. The zero-order valence-electron chi connectivity index (χ0n) is 9.01. The molecule has 0 aliphatic carbocycles. The Bertz CT molecular complexity index is 603. The molecular formula is C11H10N2O4. The van der Waals surface area contributed by atoms with Gasteiger partial charge in [-0.15, -0.1) is 0 Å². The van der Waals surface area contributed by atoms with Crippen LogP contribution in [-0.2, 0) is 0 Å². The van der Waals surface area contributed by atoms with Gasteiger partial charge in [0.05, 0.1) is 4.92 Å². The van der Waals surface area contributed by atoms with E-state index < -0.39 is 11.0 Å². The molecule has 1 atom stereocenters. The van der Waals surface area contributed by atoms with Crippen molar-refractivity contribution in [2.75, 3.05) is 0 Å². The average Bonchev–Trinajstić information content (AvgIpc) is 2.63. The van der Waals surface area contributed by atoms with Crippen molar-refractivity contribution in [2.24, 2.45) is 0 Å². The highest BCUT2D eigenvalue weighted by Gasteiger charge is 2.22. The normalized spacial score (nSPS) is 12.6. The lowest BCUT2D eigenvalue weighted by Crippen LogP contribution is -1.98. The second-order valence-electron chi connectivity index (χ2n) is 3.59. The minimum absolute atomic E-state index is 0.130. The van der Waals surface area contributed by atoms with Crippen molar-refractivity contribution in [3.8, 4) is 0 Å². The van der Waals surface area contributed by atoms with Gasteiger partial charge in [-0.05, 0) is 6.92 Å². The molecule has 0 saturated carbocycles. The van der Waals surface area contributed by atoms with Crippen LogP contribution in [0.15, 0.2) is 22.6 Å². The SMILES string of the molecule is Cc1oc2c([N+](=O)[O-])cccc2c1C(O)C=N. The molecule has 17 heavy (non-hydrogen) atoms. The quantitative estimate of drug-likeness (QED) is 0.483. The van der Waals surface area contributed by atoms with Crippen LogP contribution in [0.5, 0.6) is 0 Å². The predicted molar refractivity (Wildman–Crippen MR) is 61.3 cm³/mol. The van der Waals surface area contributed by atoms with Gasteiger partial charge < -0.3 is 14.9 Å². The minimum atomic E-state index is -1.11. The summed E-state index contributed by atoms with van der Waals surface area (Å²) in [4.78, 5) is 10.3. The Labute approximate surface area is 96.1 Å². The second-order valence-corrected chi connectivity index (χ2v) is 3.59. The number of non-ortho nitro benzene ring substituents is 1. The van der Waals surface area contributed by atoms with Crippen LogP contribution in [-0.4, -0.2) is 16.2 Å². The minimum Gasteiger partial charge on any atom is -0.454 e. The Morgan fingerprint density at radius 2 is 2.29 bits per heavy atom. The first-order valence-electron chi connectivity index (χ1n) is 4.91. The highest BCUT2D eigenvalue weighted by Crippen LogP contribution is 2.34. The molecule has 1 unspecified atom stereocenters. The maximum Gasteiger partial charge on any atom is 0.312 e. The summed E-state index contributed by atoms with van der Waals surface area (Å²) in [6.07, 6.45) is -0.255. The van der Waals surface area contributed by atoms with Crippen LogP contribution in [0.3, 0.4) is 0 Å². The van der Waals surface area contributed by atoms with Crippen LogP contribution in [0.1, 0.15) is 17.4 Å². The number of aliphatic hydroxyl groups excluding tert-OH is 1. The third-order valence-corrected chi connectivity index (χ3v) is 2.57. The smallest absolute Gasteiger partial charge is 0.312 e. The van der Waals surface area contributed by atoms with Crippen molar-refractivity contribution in [3.05, 3.63) is 39.6 Å². The number of nitro benzene ring substituents is 1. The van der Waals surface area contributed by atoms with Gasteiger partial charge in [0, 0.05) is 23.2 Å². The molecule has 0 aliphatic heterocycles. The van der Waals surface area contributed by atoms with E-state index in [4.69, 9.17) is 9.83 Å². The summed E-state index contributed by atoms with van der Waals surface area (Å²) in [5.41, 5.74) is 0.388. The van der Waals surface area contributed by atoms with Gasteiger partial charge in [0.1, 0.15) is 11.9 Å². The fourth-order valence-corrected chi connectivity index (χ4v) is 1.84. The highest BCUT2D eigenvalue weighted by molar-refractivity contribution is 5.91. The maximum atomic E-state index is 10.8. The predicted octanol–water partition coefficient (Wildman–Crippen LogP) is 2.33. The van der Waals surface area contributed by atoms with E-state index in [1.165, 1.54) is 12.1 Å². The van der Waals surface area contributed by atoms with E-state index in [1.807, 2.05) is 0 Å². The number of aryl methyl sites for hydroxylation is 1. The van der Waals surface area contributed by atoms with Crippen molar-refractivity contribution in [1.82, 2.24) is 0 Å². The number of rotatable bonds is 3. The summed E-state index contributed by atoms with van der Waals surface area (Å²) in [5.74, 6) is 0.380. The number of fused-ring (bicyclic) bond motifs is 1. The van der Waals surface area contributed by atoms with Gasteiger partial charge in [-0.1, -0.05) is 12.1 Å². The lowest BCUT2D eigenvalue weighted by atomic mass is 10.1.